The van der Waals surface area contributed by atoms with Crippen molar-refractivity contribution in [3.8, 4) is 0 Å². The van der Waals surface area contributed by atoms with Crippen molar-refractivity contribution in [1.82, 2.24) is 0 Å². The zero-order chi connectivity index (χ0) is 37.7. The molecule has 0 saturated carbocycles. The van der Waals surface area contributed by atoms with Gasteiger partial charge in [0.1, 0.15) is 6.61 Å². The zero-order valence-electron chi connectivity index (χ0n) is 31.6. The van der Waals surface area contributed by atoms with E-state index in [1.165, 1.54) is 51.4 Å². The van der Waals surface area contributed by atoms with Crippen LogP contribution in [0.4, 0.5) is 0 Å². The third-order valence-electron chi connectivity index (χ3n) is 7.78. The van der Waals surface area contributed by atoms with Crippen LogP contribution in [0, 0.1) is 0 Å². The minimum Gasteiger partial charge on any atom is -0.462 e. The van der Waals surface area contributed by atoms with E-state index in [4.69, 9.17) is 19.3 Å². The van der Waals surface area contributed by atoms with Gasteiger partial charge in [0, 0.05) is 12.8 Å². The second-order valence-corrected chi connectivity index (χ2v) is 14.0. The van der Waals surface area contributed by atoms with Crippen LogP contribution in [0.25, 0.3) is 0 Å². The molecule has 2 atom stereocenters. The average molecular weight is 737 g/mol. The summed E-state index contributed by atoms with van der Waals surface area (Å²) in [5.74, 6) is -0.989. The Labute approximate surface area is 309 Å². The fourth-order valence-corrected chi connectivity index (χ4v) is 5.25. The van der Waals surface area contributed by atoms with E-state index >= 15 is 0 Å². The van der Waals surface area contributed by atoms with Crippen LogP contribution in [0.15, 0.2) is 72.9 Å². The van der Waals surface area contributed by atoms with Crippen molar-refractivity contribution in [3.63, 3.8) is 0 Å². The second-order valence-electron chi connectivity index (χ2n) is 12.7. The Kier molecular flexibility index (Phi) is 34.0. The number of phosphoric acid groups is 1. The summed E-state index contributed by atoms with van der Waals surface area (Å²) < 4.78 is 26.2. The molecule has 0 aliphatic rings. The van der Waals surface area contributed by atoms with Crippen molar-refractivity contribution in [2.45, 2.75) is 161 Å². The van der Waals surface area contributed by atoms with Gasteiger partial charge in [-0.2, -0.15) is 0 Å². The first-order chi connectivity index (χ1) is 24.7. The summed E-state index contributed by atoms with van der Waals surface area (Å²) in [6.45, 7) is 3.36. The third-order valence-corrected chi connectivity index (χ3v) is 8.27. The van der Waals surface area contributed by atoms with Crippen LogP contribution >= 0.6 is 7.82 Å². The molecular formula is C41H69O9P. The van der Waals surface area contributed by atoms with Crippen LogP contribution in [-0.2, 0) is 28.2 Å². The highest BCUT2D eigenvalue weighted by Gasteiger charge is 2.22. The highest BCUT2D eigenvalue weighted by Crippen LogP contribution is 2.36. The van der Waals surface area contributed by atoms with Crippen LogP contribution in [0.1, 0.15) is 149 Å². The Morgan fingerprint density at radius 2 is 1.18 bits per heavy atom. The smallest absolute Gasteiger partial charge is 0.462 e. The van der Waals surface area contributed by atoms with Crippen LogP contribution in [0.5, 0.6) is 0 Å². The van der Waals surface area contributed by atoms with Gasteiger partial charge in [-0.3, -0.25) is 14.1 Å². The Balaban J connectivity index is 4.11. The quantitative estimate of drug-likeness (QED) is 0.0194. The topological polar surface area (TPSA) is 140 Å². The molecule has 0 radical (unpaired) electrons. The summed E-state index contributed by atoms with van der Waals surface area (Å²) in [5, 5.41) is 9.73. The molecule has 0 aliphatic carbocycles. The molecule has 51 heavy (non-hydrogen) atoms. The lowest BCUT2D eigenvalue weighted by atomic mass is 10.1. The highest BCUT2D eigenvalue weighted by atomic mass is 31.2. The van der Waals surface area contributed by atoms with E-state index in [1.54, 1.807) is 0 Å². The molecule has 0 aromatic heterocycles. The summed E-state index contributed by atoms with van der Waals surface area (Å²) in [6.07, 6.45) is 42.5. The van der Waals surface area contributed by atoms with E-state index in [0.29, 0.717) is 25.7 Å². The van der Waals surface area contributed by atoms with Crippen LogP contribution in [0.2, 0.25) is 0 Å². The van der Waals surface area contributed by atoms with Gasteiger partial charge in [0.2, 0.25) is 0 Å². The number of aliphatic hydroxyl groups excluding tert-OH is 1. The number of carbonyl (C=O) groups is 2. The largest absolute Gasteiger partial charge is 0.469 e. The fraction of sp³-hybridized carbons (Fsp3) is 0.659. The van der Waals surface area contributed by atoms with Crippen molar-refractivity contribution in [2.24, 2.45) is 0 Å². The minimum absolute atomic E-state index is 0.167. The summed E-state index contributed by atoms with van der Waals surface area (Å²) in [4.78, 5) is 42.7. The first kappa shape index (κ1) is 48.5. The van der Waals surface area contributed by atoms with Crippen LogP contribution in [0.3, 0.4) is 0 Å². The van der Waals surface area contributed by atoms with Crippen molar-refractivity contribution < 1.29 is 43.0 Å². The van der Waals surface area contributed by atoms with Gasteiger partial charge in [0.15, 0.2) is 6.10 Å². The normalized spacial score (nSPS) is 13.9. The van der Waals surface area contributed by atoms with Crippen molar-refractivity contribution in [1.29, 1.82) is 0 Å². The molecule has 0 amide bonds. The number of rotatable bonds is 34. The zero-order valence-corrected chi connectivity index (χ0v) is 32.5. The molecule has 292 valence electrons. The first-order valence-corrected chi connectivity index (χ1v) is 20.9. The Hall–Kier alpha value is -2.55. The lowest BCUT2D eigenvalue weighted by Gasteiger charge is -2.18. The van der Waals surface area contributed by atoms with Gasteiger partial charge >= 0.3 is 19.8 Å². The van der Waals surface area contributed by atoms with Crippen molar-refractivity contribution >= 4 is 19.8 Å². The Morgan fingerprint density at radius 1 is 0.627 bits per heavy atom. The van der Waals surface area contributed by atoms with Gasteiger partial charge in [-0.1, -0.05) is 138 Å². The van der Waals surface area contributed by atoms with Crippen molar-refractivity contribution in [2.75, 3.05) is 13.2 Å². The number of hydrogen-bond donors (Lipinski definition) is 3. The minimum atomic E-state index is -4.78. The Bertz CT molecular complexity index is 1070. The average Bonchev–Trinajstić information content (AvgIpc) is 3.09. The van der Waals surface area contributed by atoms with Gasteiger partial charge < -0.3 is 24.4 Å². The highest BCUT2D eigenvalue weighted by molar-refractivity contribution is 7.46. The lowest BCUT2D eigenvalue weighted by Crippen LogP contribution is -2.29. The maximum atomic E-state index is 12.4. The molecule has 10 heteroatoms. The van der Waals surface area contributed by atoms with Gasteiger partial charge in [0.25, 0.3) is 0 Å². The maximum Gasteiger partial charge on any atom is 0.469 e. The molecule has 0 fully saturated rings. The predicted molar refractivity (Wildman–Crippen MR) is 208 cm³/mol. The first-order valence-electron chi connectivity index (χ1n) is 19.3. The monoisotopic (exact) mass is 736 g/mol. The standard InChI is InChI=1S/C41H69O9P/c1-3-5-7-8-9-10-11-12-13-14-19-22-25-28-31-35-41(44)50-39(37-49-51(45,46)47)36-48-40(43)34-30-27-24-21-18-16-15-17-20-23-26-29-33-38(42)32-6-4-2/h6,10-11,15-16,20-21,23-24,26,29,32,38-39,42H,3-5,7-9,12-14,17-19,22,25,27-28,30-31,33-37H2,1-2H3,(H2,45,46,47)/b11-10-,16-15-,23-20-,24-21-,29-26+,32-6-/t38?,39-/m1/s1. The van der Waals surface area contributed by atoms with Crippen LogP contribution < -0.4 is 0 Å². The molecule has 0 aromatic rings. The van der Waals surface area contributed by atoms with E-state index in [1.807, 2.05) is 55.5 Å². The summed E-state index contributed by atoms with van der Waals surface area (Å²) in [7, 11) is -4.78. The van der Waals surface area contributed by atoms with E-state index in [9.17, 15) is 19.3 Å². The van der Waals surface area contributed by atoms with E-state index in [2.05, 4.69) is 35.8 Å². The Morgan fingerprint density at radius 3 is 1.84 bits per heavy atom. The van der Waals surface area contributed by atoms with E-state index in [-0.39, 0.29) is 19.4 Å². The second kappa shape index (κ2) is 35.8. The molecule has 0 spiro atoms. The number of esters is 2. The van der Waals surface area contributed by atoms with E-state index < -0.39 is 38.6 Å². The molecule has 0 bridgehead atoms. The third kappa shape index (κ3) is 38.5. The SMILES string of the molecule is CC/C=C\C(O)C/C=C/C=C\C/C=C\C/C=C\CCCC(=O)OC[C@H](COP(=O)(O)O)OC(=O)CCCCCCCCC/C=C\CCCCCC. The van der Waals surface area contributed by atoms with Gasteiger partial charge in [0.05, 0.1) is 12.7 Å². The van der Waals surface area contributed by atoms with Gasteiger partial charge in [-0.15, -0.1) is 0 Å². The molecule has 1 unspecified atom stereocenters. The van der Waals surface area contributed by atoms with Gasteiger partial charge in [-0.25, -0.2) is 4.57 Å². The van der Waals surface area contributed by atoms with Crippen molar-refractivity contribution in [3.05, 3.63) is 72.9 Å². The summed E-state index contributed by atoms with van der Waals surface area (Å²) in [5.41, 5.74) is 0. The predicted octanol–water partition coefficient (Wildman–Crippen LogP) is 10.5. The number of unbranched alkanes of at least 4 members (excludes halogenated alkanes) is 12. The molecule has 0 aliphatic heterocycles. The fourth-order valence-electron chi connectivity index (χ4n) is 4.89. The molecule has 0 heterocycles. The lowest BCUT2D eigenvalue weighted by molar-refractivity contribution is -0.161. The van der Waals surface area contributed by atoms with Gasteiger partial charge in [-0.05, 0) is 70.6 Å². The number of ether oxygens (including phenoxy) is 2. The number of phosphoric ester groups is 1. The molecular weight excluding hydrogens is 667 g/mol. The molecule has 3 N–H and O–H groups in total. The molecule has 9 nitrogen and oxygen atoms in total. The molecule has 0 aromatic carbocycles. The van der Waals surface area contributed by atoms with E-state index in [0.717, 1.165) is 44.9 Å². The number of carbonyl (C=O) groups excluding carboxylic acids is 2. The number of hydrogen-bond acceptors (Lipinski definition) is 7. The number of aliphatic hydroxyl groups is 1. The maximum absolute atomic E-state index is 12.4. The molecule has 0 rings (SSSR count). The summed E-state index contributed by atoms with van der Waals surface area (Å²) in [6, 6.07) is 0. The summed E-state index contributed by atoms with van der Waals surface area (Å²) >= 11 is 0. The number of allylic oxidation sites excluding steroid dienone is 10. The van der Waals surface area contributed by atoms with Crippen LogP contribution in [-0.4, -0.2) is 52.3 Å². The molecule has 0 saturated heterocycles.